The highest BCUT2D eigenvalue weighted by Crippen LogP contribution is 2.41. The highest BCUT2D eigenvalue weighted by atomic mass is 19.1. The summed E-state index contributed by atoms with van der Waals surface area (Å²) in [6, 6.07) is 11.3. The SMILES string of the molecule is CNC1CC(c2ccc(C)cc2C)Oc2ccc(F)cc21. The summed E-state index contributed by atoms with van der Waals surface area (Å²) in [5.74, 6) is 0.551. The lowest BCUT2D eigenvalue weighted by atomic mass is 9.90. The number of rotatable bonds is 2. The van der Waals surface area contributed by atoms with E-state index in [1.54, 1.807) is 12.1 Å². The third kappa shape index (κ3) is 2.66. The first-order chi connectivity index (χ1) is 10.1. The van der Waals surface area contributed by atoms with Crippen LogP contribution in [0.2, 0.25) is 0 Å². The molecule has 2 nitrogen and oxygen atoms in total. The van der Waals surface area contributed by atoms with Crippen molar-refractivity contribution >= 4 is 0 Å². The molecule has 0 saturated heterocycles. The van der Waals surface area contributed by atoms with Crippen LogP contribution in [0.4, 0.5) is 4.39 Å². The second-order valence-electron chi connectivity index (χ2n) is 5.73. The first-order valence-corrected chi connectivity index (χ1v) is 7.29. The zero-order valence-corrected chi connectivity index (χ0v) is 12.6. The van der Waals surface area contributed by atoms with Gasteiger partial charge in [0, 0.05) is 18.0 Å². The lowest BCUT2D eigenvalue weighted by molar-refractivity contribution is 0.153. The van der Waals surface area contributed by atoms with Crippen LogP contribution in [0.5, 0.6) is 5.75 Å². The number of hydrogen-bond donors (Lipinski definition) is 1. The Morgan fingerprint density at radius 1 is 1.10 bits per heavy atom. The van der Waals surface area contributed by atoms with Crippen molar-refractivity contribution in [2.45, 2.75) is 32.4 Å². The van der Waals surface area contributed by atoms with E-state index in [1.807, 2.05) is 7.05 Å². The number of benzene rings is 2. The Bertz CT molecular complexity index is 668. The Morgan fingerprint density at radius 3 is 2.62 bits per heavy atom. The average Bonchev–Trinajstić information content (AvgIpc) is 2.46. The predicted octanol–water partition coefficient (Wildman–Crippen LogP) is 4.23. The van der Waals surface area contributed by atoms with E-state index in [2.05, 4.69) is 37.4 Å². The topological polar surface area (TPSA) is 21.3 Å². The van der Waals surface area contributed by atoms with Gasteiger partial charge < -0.3 is 10.1 Å². The minimum atomic E-state index is -0.220. The first-order valence-electron chi connectivity index (χ1n) is 7.29. The third-order valence-corrected chi connectivity index (χ3v) is 4.19. The van der Waals surface area contributed by atoms with Gasteiger partial charge in [-0.05, 0) is 50.2 Å². The second kappa shape index (κ2) is 5.49. The minimum absolute atomic E-state index is 0.000936. The minimum Gasteiger partial charge on any atom is -0.485 e. The van der Waals surface area contributed by atoms with E-state index in [-0.39, 0.29) is 18.0 Å². The maximum atomic E-state index is 13.4. The van der Waals surface area contributed by atoms with Crippen LogP contribution in [0.1, 0.15) is 40.8 Å². The van der Waals surface area contributed by atoms with Crippen LogP contribution in [0.25, 0.3) is 0 Å². The Labute approximate surface area is 125 Å². The van der Waals surface area contributed by atoms with E-state index in [0.717, 1.165) is 17.7 Å². The molecule has 21 heavy (non-hydrogen) atoms. The normalized spacial score (nSPS) is 20.8. The number of hydrogen-bond acceptors (Lipinski definition) is 2. The molecule has 0 aromatic heterocycles. The van der Waals surface area contributed by atoms with Crippen LogP contribution in [-0.2, 0) is 0 Å². The summed E-state index contributed by atoms with van der Waals surface area (Å²) >= 11 is 0. The van der Waals surface area contributed by atoms with Gasteiger partial charge in [0.25, 0.3) is 0 Å². The van der Waals surface area contributed by atoms with Crippen molar-refractivity contribution in [3.63, 3.8) is 0 Å². The number of nitrogens with one attached hydrogen (secondary N) is 1. The number of halogens is 1. The molecule has 1 aliphatic rings. The van der Waals surface area contributed by atoms with Crippen molar-refractivity contribution in [2.24, 2.45) is 0 Å². The molecule has 0 radical (unpaired) electrons. The van der Waals surface area contributed by atoms with Gasteiger partial charge in [-0.2, -0.15) is 0 Å². The van der Waals surface area contributed by atoms with Gasteiger partial charge in [0.2, 0.25) is 0 Å². The molecule has 1 aliphatic heterocycles. The standard InChI is InChI=1S/C18H20FNO/c1-11-4-6-14(12(2)8-11)18-10-16(20-3)15-9-13(19)5-7-17(15)21-18/h4-9,16,18,20H,10H2,1-3H3. The highest BCUT2D eigenvalue weighted by Gasteiger charge is 2.29. The Kier molecular flexibility index (Phi) is 3.68. The zero-order chi connectivity index (χ0) is 15.0. The van der Waals surface area contributed by atoms with Crippen LogP contribution in [0, 0.1) is 19.7 Å². The van der Waals surface area contributed by atoms with Crippen LogP contribution in [0.15, 0.2) is 36.4 Å². The molecule has 0 fully saturated rings. The lowest BCUT2D eigenvalue weighted by Crippen LogP contribution is -2.27. The van der Waals surface area contributed by atoms with Gasteiger partial charge in [0.05, 0.1) is 0 Å². The monoisotopic (exact) mass is 285 g/mol. The van der Waals surface area contributed by atoms with Gasteiger partial charge in [-0.15, -0.1) is 0 Å². The summed E-state index contributed by atoms with van der Waals surface area (Å²) in [6.45, 7) is 4.20. The summed E-state index contributed by atoms with van der Waals surface area (Å²) in [4.78, 5) is 0. The van der Waals surface area contributed by atoms with Crippen LogP contribution < -0.4 is 10.1 Å². The first kappa shape index (κ1) is 14.1. The Hall–Kier alpha value is -1.87. The molecular weight excluding hydrogens is 265 g/mol. The summed E-state index contributed by atoms with van der Waals surface area (Å²) in [7, 11) is 1.91. The number of ether oxygens (including phenoxy) is 1. The van der Waals surface area contributed by atoms with Crippen molar-refractivity contribution < 1.29 is 9.13 Å². The third-order valence-electron chi connectivity index (χ3n) is 4.19. The molecular formula is C18H20FNO. The fraction of sp³-hybridized carbons (Fsp3) is 0.333. The van der Waals surface area contributed by atoms with Crippen LogP contribution in [-0.4, -0.2) is 7.05 Å². The average molecular weight is 285 g/mol. The quantitative estimate of drug-likeness (QED) is 0.891. The maximum Gasteiger partial charge on any atom is 0.126 e. The van der Waals surface area contributed by atoms with Gasteiger partial charge in [0.15, 0.2) is 0 Å². The molecule has 0 saturated carbocycles. The molecule has 0 spiro atoms. The molecule has 1 heterocycles. The van der Waals surface area contributed by atoms with Crippen molar-refractivity contribution in [1.82, 2.24) is 5.32 Å². The van der Waals surface area contributed by atoms with Gasteiger partial charge in [0.1, 0.15) is 17.7 Å². The molecule has 2 unspecified atom stereocenters. The fourth-order valence-electron chi connectivity index (χ4n) is 3.09. The molecule has 0 aliphatic carbocycles. The smallest absolute Gasteiger partial charge is 0.126 e. The molecule has 0 amide bonds. The van der Waals surface area contributed by atoms with E-state index >= 15 is 0 Å². The van der Waals surface area contributed by atoms with Crippen molar-refractivity contribution in [2.75, 3.05) is 7.05 Å². The summed E-state index contributed by atoms with van der Waals surface area (Å²) in [5.41, 5.74) is 4.59. The van der Waals surface area contributed by atoms with Gasteiger partial charge in [-0.1, -0.05) is 23.8 Å². The van der Waals surface area contributed by atoms with E-state index in [4.69, 9.17) is 4.74 Å². The van der Waals surface area contributed by atoms with E-state index in [1.165, 1.54) is 22.8 Å². The van der Waals surface area contributed by atoms with Crippen LogP contribution in [0.3, 0.4) is 0 Å². The van der Waals surface area contributed by atoms with Gasteiger partial charge >= 0.3 is 0 Å². The second-order valence-corrected chi connectivity index (χ2v) is 5.73. The number of aryl methyl sites for hydroxylation is 2. The molecule has 0 bridgehead atoms. The van der Waals surface area contributed by atoms with Crippen molar-refractivity contribution in [3.8, 4) is 5.75 Å². The Balaban J connectivity index is 1.98. The van der Waals surface area contributed by atoms with E-state index < -0.39 is 0 Å². The van der Waals surface area contributed by atoms with E-state index in [9.17, 15) is 4.39 Å². The van der Waals surface area contributed by atoms with Crippen molar-refractivity contribution in [1.29, 1.82) is 0 Å². The number of fused-ring (bicyclic) bond motifs is 1. The lowest BCUT2D eigenvalue weighted by Gasteiger charge is -2.33. The molecule has 2 aromatic rings. The van der Waals surface area contributed by atoms with E-state index in [0.29, 0.717) is 0 Å². The molecule has 2 aromatic carbocycles. The maximum absolute atomic E-state index is 13.4. The summed E-state index contributed by atoms with van der Waals surface area (Å²) < 4.78 is 19.6. The highest BCUT2D eigenvalue weighted by molar-refractivity contribution is 5.41. The summed E-state index contributed by atoms with van der Waals surface area (Å²) in [6.07, 6.45) is 0.803. The Morgan fingerprint density at radius 2 is 1.90 bits per heavy atom. The van der Waals surface area contributed by atoms with Gasteiger partial charge in [-0.25, -0.2) is 4.39 Å². The zero-order valence-electron chi connectivity index (χ0n) is 12.6. The van der Waals surface area contributed by atoms with Crippen molar-refractivity contribution in [3.05, 3.63) is 64.5 Å². The molecule has 3 heteroatoms. The molecule has 3 rings (SSSR count). The predicted molar refractivity (Wildman–Crippen MR) is 82.1 cm³/mol. The fourth-order valence-corrected chi connectivity index (χ4v) is 3.09. The largest absolute Gasteiger partial charge is 0.485 e. The molecule has 2 atom stereocenters. The molecule has 1 N–H and O–H groups in total. The summed E-state index contributed by atoms with van der Waals surface area (Å²) in [5, 5.41) is 3.27. The van der Waals surface area contributed by atoms with Gasteiger partial charge in [-0.3, -0.25) is 0 Å². The molecule has 110 valence electrons. The van der Waals surface area contributed by atoms with Crippen LogP contribution >= 0.6 is 0 Å².